The molecule has 0 aliphatic carbocycles. The first-order valence-electron chi connectivity index (χ1n) is 18.8. The van der Waals surface area contributed by atoms with Gasteiger partial charge in [0.05, 0.1) is 49.4 Å². The van der Waals surface area contributed by atoms with Gasteiger partial charge in [0.25, 0.3) is 17.7 Å². The second-order valence-corrected chi connectivity index (χ2v) is 13.9. The molecule has 20 heteroatoms. The Morgan fingerprint density at radius 3 is 1.92 bits per heavy atom. The van der Waals surface area contributed by atoms with E-state index in [1.165, 1.54) is 34.6 Å². The molecule has 4 amide bonds. The zero-order chi connectivity index (χ0) is 42.1. The number of carbonyl (C=O) groups is 4. The van der Waals surface area contributed by atoms with E-state index in [4.69, 9.17) is 30.7 Å². The number of allylic oxidation sites excluding steroid dienone is 2. The number of anilines is 2. The van der Waals surface area contributed by atoms with Gasteiger partial charge in [-0.2, -0.15) is 10.2 Å². The van der Waals surface area contributed by atoms with Gasteiger partial charge in [0, 0.05) is 37.7 Å². The standard InChI is InChI=1S/C39H43FN12O7/c1-6-51-26(12-20(3)47-51)36(55)45-38-43-25-14-23(34(41)53)15-29(59-19-22-17-58-18-22)32(25)49(38)10-8-9-11-50-33-28(57-5)16-24(35(42)54)30(40)31(33)44-39(50)46-37(56)27-13-21(4)48-52(27)7-2/h8-9,12-16,22H,6-7,10-11,17-19H2,1-5H3,(H2,41,53)(H2,42,54)(H,43,45,55)(H,44,46,56)/b9-8+. The van der Waals surface area contributed by atoms with E-state index in [1.54, 1.807) is 47.4 Å². The Hall–Kier alpha value is -7.09. The normalized spacial score (nSPS) is 13.0. The van der Waals surface area contributed by atoms with Crippen molar-refractivity contribution in [2.75, 3.05) is 37.6 Å². The van der Waals surface area contributed by atoms with Crippen LogP contribution < -0.4 is 31.6 Å². The lowest BCUT2D eigenvalue weighted by Crippen LogP contribution is -2.32. The van der Waals surface area contributed by atoms with E-state index < -0.39 is 35.0 Å². The molecular formula is C39H43FN12O7. The van der Waals surface area contributed by atoms with Crippen molar-refractivity contribution in [1.82, 2.24) is 38.7 Å². The number of rotatable bonds is 16. The molecule has 0 bridgehead atoms. The highest BCUT2D eigenvalue weighted by Crippen LogP contribution is 2.35. The lowest BCUT2D eigenvalue weighted by atomic mass is 10.1. The monoisotopic (exact) mass is 810 g/mol. The Morgan fingerprint density at radius 1 is 0.831 bits per heavy atom. The van der Waals surface area contributed by atoms with Crippen molar-refractivity contribution in [1.29, 1.82) is 0 Å². The van der Waals surface area contributed by atoms with Crippen molar-refractivity contribution in [3.63, 3.8) is 0 Å². The van der Waals surface area contributed by atoms with E-state index in [0.29, 0.717) is 66.8 Å². The minimum atomic E-state index is -1.03. The van der Waals surface area contributed by atoms with Gasteiger partial charge in [-0.1, -0.05) is 12.2 Å². The van der Waals surface area contributed by atoms with Crippen LogP contribution in [0.15, 0.2) is 42.5 Å². The lowest BCUT2D eigenvalue weighted by Gasteiger charge is -2.26. The first-order valence-corrected chi connectivity index (χ1v) is 18.8. The van der Waals surface area contributed by atoms with Crippen molar-refractivity contribution >= 4 is 57.6 Å². The van der Waals surface area contributed by atoms with E-state index in [0.717, 1.165) is 0 Å². The van der Waals surface area contributed by atoms with Gasteiger partial charge >= 0.3 is 0 Å². The third-order valence-electron chi connectivity index (χ3n) is 9.74. The molecule has 19 nitrogen and oxygen atoms in total. The van der Waals surface area contributed by atoms with Gasteiger partial charge in [0.2, 0.25) is 17.8 Å². The number of hydrogen-bond acceptors (Lipinski definition) is 11. The van der Waals surface area contributed by atoms with E-state index in [-0.39, 0.29) is 58.9 Å². The highest BCUT2D eigenvalue weighted by atomic mass is 19.1. The summed E-state index contributed by atoms with van der Waals surface area (Å²) in [5.41, 5.74) is 13.5. The zero-order valence-electron chi connectivity index (χ0n) is 33.0. The fraction of sp³-hybridized carbons (Fsp3) is 0.333. The van der Waals surface area contributed by atoms with Gasteiger partial charge in [-0.05, 0) is 58.0 Å². The molecule has 4 aromatic heterocycles. The third kappa shape index (κ3) is 7.81. The summed E-state index contributed by atoms with van der Waals surface area (Å²) in [6, 6.07) is 7.52. The van der Waals surface area contributed by atoms with E-state index >= 15 is 4.39 Å². The Bertz CT molecular complexity index is 2670. The molecule has 0 unspecified atom stereocenters. The number of aryl methyl sites for hydroxylation is 4. The van der Waals surface area contributed by atoms with Crippen LogP contribution in [-0.4, -0.2) is 89.2 Å². The molecular weight excluding hydrogens is 768 g/mol. The van der Waals surface area contributed by atoms with Crippen LogP contribution in [0.1, 0.15) is 66.9 Å². The largest absolute Gasteiger partial charge is 0.494 e. The van der Waals surface area contributed by atoms with Gasteiger partial charge < -0.3 is 34.8 Å². The fourth-order valence-electron chi connectivity index (χ4n) is 6.83. The Balaban J connectivity index is 1.29. The molecule has 6 aromatic rings. The number of amides is 4. The Morgan fingerprint density at radius 2 is 1.41 bits per heavy atom. The number of carbonyl (C=O) groups excluding carboxylic acids is 4. The van der Waals surface area contributed by atoms with Crippen LogP contribution in [0.5, 0.6) is 11.5 Å². The maximum absolute atomic E-state index is 15.8. The van der Waals surface area contributed by atoms with Gasteiger partial charge in [0.1, 0.15) is 39.4 Å². The summed E-state index contributed by atoms with van der Waals surface area (Å²) in [6.45, 7) is 9.56. The average molecular weight is 811 g/mol. The molecule has 1 fully saturated rings. The van der Waals surface area contributed by atoms with Crippen LogP contribution in [0.4, 0.5) is 16.3 Å². The number of ether oxygens (including phenoxy) is 3. The summed E-state index contributed by atoms with van der Waals surface area (Å²) < 4.78 is 39.3. The quantitative estimate of drug-likeness (QED) is 0.103. The number of imidazole rings is 2. The molecule has 0 saturated carbocycles. The molecule has 1 saturated heterocycles. The SMILES string of the molecule is CCn1nc(C)cc1C(=O)Nc1nc2cc(C(N)=O)cc(OCC3COC3)c2n1C/C=C/Cn1c(NC(=O)c2cc(C)nn2CC)nc2c(F)c(C(N)=O)cc(OC)c21. The molecule has 6 N–H and O–H groups in total. The van der Waals surface area contributed by atoms with Crippen molar-refractivity contribution in [2.45, 2.75) is 53.9 Å². The maximum atomic E-state index is 15.8. The molecule has 2 aromatic carbocycles. The summed E-state index contributed by atoms with van der Waals surface area (Å²) in [4.78, 5) is 61.0. The predicted octanol–water partition coefficient (Wildman–Crippen LogP) is 3.57. The molecule has 59 heavy (non-hydrogen) atoms. The van der Waals surface area contributed by atoms with Crippen LogP contribution in [0.2, 0.25) is 0 Å². The predicted molar refractivity (Wildman–Crippen MR) is 213 cm³/mol. The van der Waals surface area contributed by atoms with Crippen LogP contribution in [0, 0.1) is 25.6 Å². The highest BCUT2D eigenvalue weighted by Gasteiger charge is 2.27. The smallest absolute Gasteiger partial charge is 0.276 e. The van der Waals surface area contributed by atoms with Gasteiger partial charge in [-0.25, -0.2) is 14.4 Å². The number of primary amides is 2. The minimum absolute atomic E-state index is 0.00401. The van der Waals surface area contributed by atoms with Crippen molar-refractivity contribution in [3.8, 4) is 11.5 Å². The Labute approximate surface area is 336 Å². The Kier molecular flexibility index (Phi) is 11.2. The number of nitrogens with one attached hydrogen (secondary N) is 2. The number of methoxy groups -OCH3 is 1. The summed E-state index contributed by atoms with van der Waals surface area (Å²) in [5.74, 6) is -3.08. The van der Waals surface area contributed by atoms with Gasteiger partial charge in [-0.15, -0.1) is 0 Å². The van der Waals surface area contributed by atoms with Gasteiger partial charge in [-0.3, -0.25) is 39.2 Å². The number of nitrogens with two attached hydrogens (primary N) is 2. The van der Waals surface area contributed by atoms with E-state index in [2.05, 4.69) is 25.8 Å². The molecule has 0 atom stereocenters. The molecule has 7 rings (SSSR count). The van der Waals surface area contributed by atoms with Crippen LogP contribution in [0.3, 0.4) is 0 Å². The van der Waals surface area contributed by atoms with E-state index in [9.17, 15) is 19.2 Å². The molecule has 0 spiro atoms. The fourth-order valence-corrected chi connectivity index (χ4v) is 6.83. The molecule has 308 valence electrons. The molecule has 1 aliphatic rings. The van der Waals surface area contributed by atoms with Crippen molar-refractivity contribution in [2.24, 2.45) is 17.4 Å². The first kappa shape index (κ1) is 40.1. The van der Waals surface area contributed by atoms with Gasteiger partial charge in [0.15, 0.2) is 5.82 Å². The van der Waals surface area contributed by atoms with Crippen LogP contribution in [-0.2, 0) is 30.9 Å². The summed E-state index contributed by atoms with van der Waals surface area (Å²) in [7, 11) is 1.35. The van der Waals surface area contributed by atoms with E-state index in [1.807, 2.05) is 13.8 Å². The molecule has 0 radical (unpaired) electrons. The molecule has 1 aliphatic heterocycles. The van der Waals surface area contributed by atoms with Crippen molar-refractivity contribution in [3.05, 3.63) is 82.2 Å². The number of fused-ring (bicyclic) bond motifs is 2. The highest BCUT2D eigenvalue weighted by molar-refractivity contribution is 6.05. The first-order chi connectivity index (χ1) is 28.3. The number of benzene rings is 2. The number of nitrogens with zero attached hydrogens (tertiary/aromatic N) is 8. The summed E-state index contributed by atoms with van der Waals surface area (Å²) >= 11 is 0. The van der Waals surface area contributed by atoms with Crippen LogP contribution in [0.25, 0.3) is 22.1 Å². The number of halogens is 1. The summed E-state index contributed by atoms with van der Waals surface area (Å²) in [5, 5.41) is 14.4. The summed E-state index contributed by atoms with van der Waals surface area (Å²) in [6.07, 6.45) is 3.49. The number of aromatic nitrogens is 8. The maximum Gasteiger partial charge on any atom is 0.276 e. The number of hydrogen-bond donors (Lipinski definition) is 4. The second-order valence-electron chi connectivity index (χ2n) is 13.9. The third-order valence-corrected chi connectivity index (χ3v) is 9.74. The molecule has 5 heterocycles. The minimum Gasteiger partial charge on any atom is -0.494 e. The average Bonchev–Trinajstić information content (AvgIpc) is 3.95. The van der Waals surface area contributed by atoms with Crippen LogP contribution >= 0.6 is 0 Å². The lowest BCUT2D eigenvalue weighted by molar-refractivity contribution is -0.0506. The van der Waals surface area contributed by atoms with Crippen molar-refractivity contribution < 1.29 is 37.8 Å². The topological polar surface area (TPSA) is 243 Å². The zero-order valence-corrected chi connectivity index (χ0v) is 33.0. The second kappa shape index (κ2) is 16.4.